The van der Waals surface area contributed by atoms with E-state index < -0.39 is 12.2 Å². The van der Waals surface area contributed by atoms with Gasteiger partial charge in [0.2, 0.25) is 0 Å². The predicted octanol–water partition coefficient (Wildman–Crippen LogP) is 3.79. The van der Waals surface area contributed by atoms with Crippen molar-refractivity contribution in [2.45, 2.75) is 72.2 Å². The molecule has 0 bridgehead atoms. The van der Waals surface area contributed by atoms with E-state index in [2.05, 4.69) is 41.1 Å². The van der Waals surface area contributed by atoms with E-state index in [1.165, 1.54) is 19.4 Å². The van der Waals surface area contributed by atoms with Crippen molar-refractivity contribution in [3.05, 3.63) is 29.5 Å². The number of fused-ring (bicyclic) bond motifs is 1. The second-order valence-corrected chi connectivity index (χ2v) is 8.54. The number of benzene rings is 1. The van der Waals surface area contributed by atoms with Gasteiger partial charge >= 0.3 is 11.9 Å². The van der Waals surface area contributed by atoms with Crippen LogP contribution in [0.25, 0.3) is 10.9 Å². The van der Waals surface area contributed by atoms with Crippen molar-refractivity contribution in [3.63, 3.8) is 0 Å². The molecule has 0 unspecified atom stereocenters. The highest BCUT2D eigenvalue weighted by Gasteiger charge is 2.43. The molecular formula is C25H32N2O5. The molecule has 3 rings (SSSR count). The van der Waals surface area contributed by atoms with Gasteiger partial charge in [-0.3, -0.25) is 14.7 Å². The van der Waals surface area contributed by atoms with E-state index in [-0.39, 0.29) is 36.5 Å². The van der Waals surface area contributed by atoms with Crippen molar-refractivity contribution in [1.29, 1.82) is 0 Å². The summed E-state index contributed by atoms with van der Waals surface area (Å²) in [6.07, 6.45) is 3.51. The molecule has 0 radical (unpaired) electrons. The molecule has 7 heteroatoms. The third kappa shape index (κ3) is 5.68. The van der Waals surface area contributed by atoms with Crippen LogP contribution < -0.4 is 0 Å². The van der Waals surface area contributed by atoms with Crippen molar-refractivity contribution in [3.8, 4) is 11.8 Å². The predicted molar refractivity (Wildman–Crippen MR) is 121 cm³/mol. The van der Waals surface area contributed by atoms with Crippen LogP contribution in [0.5, 0.6) is 0 Å². The maximum absolute atomic E-state index is 11.8. The Kier molecular flexibility index (Phi) is 7.92. The van der Waals surface area contributed by atoms with Crippen molar-refractivity contribution < 1.29 is 23.8 Å². The number of ether oxygens (including phenoxy) is 3. The molecule has 5 atom stereocenters. The largest absolute Gasteiger partial charge is 0.463 e. The lowest BCUT2D eigenvalue weighted by atomic mass is 9.81. The lowest BCUT2D eigenvalue weighted by molar-refractivity contribution is -0.191. The first-order chi connectivity index (χ1) is 15.3. The maximum Gasteiger partial charge on any atom is 0.303 e. The summed E-state index contributed by atoms with van der Waals surface area (Å²) in [5.74, 6) is 5.70. The minimum Gasteiger partial charge on any atom is -0.463 e. The van der Waals surface area contributed by atoms with E-state index in [1.807, 2.05) is 13.8 Å². The third-order valence-electron chi connectivity index (χ3n) is 6.08. The van der Waals surface area contributed by atoms with Crippen molar-refractivity contribution in [1.82, 2.24) is 10.2 Å². The number of hydrogen-bond acceptors (Lipinski definition) is 6. The first-order valence-electron chi connectivity index (χ1n) is 11.2. The van der Waals surface area contributed by atoms with Crippen LogP contribution in [0.15, 0.2) is 18.3 Å². The molecule has 1 aliphatic rings. The summed E-state index contributed by atoms with van der Waals surface area (Å²) >= 11 is 0. The Bertz CT molecular complexity index is 1020. The zero-order valence-electron chi connectivity index (χ0n) is 19.4. The summed E-state index contributed by atoms with van der Waals surface area (Å²) in [4.78, 5) is 23.1. The smallest absolute Gasteiger partial charge is 0.303 e. The number of nitrogens with zero attached hydrogens (tertiary/aromatic N) is 1. The summed E-state index contributed by atoms with van der Waals surface area (Å²) in [5.41, 5.74) is 2.91. The zero-order valence-corrected chi connectivity index (χ0v) is 19.4. The highest BCUT2D eigenvalue weighted by Crippen LogP contribution is 2.33. The molecule has 1 aliphatic heterocycles. The Hall–Kier alpha value is -2.85. The number of esters is 2. The van der Waals surface area contributed by atoms with E-state index in [4.69, 9.17) is 14.2 Å². The van der Waals surface area contributed by atoms with Crippen LogP contribution >= 0.6 is 0 Å². The SMILES string of the molecule is CCCCc1cc(C#C[C@H]2O[C@H](COC(C)=O)[C@@H](C)[C@H](C)[C@@H]2OC(C)=O)c2[nH]ncc2c1. The number of nitrogens with one attached hydrogen (secondary N) is 1. The second-order valence-electron chi connectivity index (χ2n) is 8.54. The topological polar surface area (TPSA) is 90.5 Å². The summed E-state index contributed by atoms with van der Waals surface area (Å²) < 4.78 is 17.0. The van der Waals surface area contributed by atoms with Gasteiger partial charge in [-0.15, -0.1) is 0 Å². The number of aryl methyl sites for hydroxylation is 1. The maximum atomic E-state index is 11.8. The van der Waals surface area contributed by atoms with E-state index in [0.29, 0.717) is 0 Å². The molecule has 2 aromatic rings. The molecule has 1 aromatic carbocycles. The number of aromatic amines is 1. The van der Waals surface area contributed by atoms with Gasteiger partial charge in [0.05, 0.1) is 23.4 Å². The van der Waals surface area contributed by atoms with Crippen LogP contribution in [-0.4, -0.2) is 47.1 Å². The van der Waals surface area contributed by atoms with Crippen LogP contribution in [0.1, 0.15) is 58.6 Å². The monoisotopic (exact) mass is 440 g/mol. The summed E-state index contributed by atoms with van der Waals surface area (Å²) in [5, 5.41) is 8.20. The van der Waals surface area contributed by atoms with Gasteiger partial charge < -0.3 is 14.2 Å². The molecule has 172 valence electrons. The minimum atomic E-state index is -0.636. The molecule has 1 aromatic heterocycles. The average Bonchev–Trinajstić information content (AvgIpc) is 3.22. The number of hydrogen-bond donors (Lipinski definition) is 1. The van der Waals surface area contributed by atoms with Crippen molar-refractivity contribution in [2.75, 3.05) is 6.61 Å². The highest BCUT2D eigenvalue weighted by atomic mass is 16.6. The number of H-pyrrole nitrogens is 1. The summed E-state index contributed by atoms with van der Waals surface area (Å²) in [7, 11) is 0. The van der Waals surface area contributed by atoms with Crippen LogP contribution in [0, 0.1) is 23.7 Å². The quantitative estimate of drug-likeness (QED) is 0.543. The first kappa shape index (κ1) is 23.8. The molecule has 1 N–H and O–H groups in total. The number of carbonyl (C=O) groups is 2. The summed E-state index contributed by atoms with van der Waals surface area (Å²) in [6.45, 7) is 9.08. The molecule has 1 fully saturated rings. The minimum absolute atomic E-state index is 0.0180. The Morgan fingerprint density at radius 3 is 2.66 bits per heavy atom. The zero-order chi connectivity index (χ0) is 23.3. The molecule has 2 heterocycles. The average molecular weight is 441 g/mol. The van der Waals surface area contributed by atoms with Gasteiger partial charge in [-0.2, -0.15) is 5.10 Å². The number of carbonyl (C=O) groups excluding carboxylic acids is 2. The lowest BCUT2D eigenvalue weighted by Crippen LogP contribution is -2.51. The molecule has 0 saturated carbocycles. The fraction of sp³-hybridized carbons (Fsp3) is 0.560. The Morgan fingerprint density at radius 1 is 1.19 bits per heavy atom. The molecule has 0 spiro atoms. The second kappa shape index (κ2) is 10.6. The normalized spacial score (nSPS) is 25.1. The number of rotatable bonds is 6. The van der Waals surface area contributed by atoms with Gasteiger partial charge in [-0.1, -0.05) is 39.0 Å². The highest BCUT2D eigenvalue weighted by molar-refractivity contribution is 5.85. The Labute approximate surface area is 189 Å². The van der Waals surface area contributed by atoms with Crippen LogP contribution in [0.2, 0.25) is 0 Å². The first-order valence-corrected chi connectivity index (χ1v) is 11.2. The molecule has 7 nitrogen and oxygen atoms in total. The molecule has 0 amide bonds. The van der Waals surface area contributed by atoms with Crippen molar-refractivity contribution >= 4 is 22.8 Å². The van der Waals surface area contributed by atoms with Crippen LogP contribution in [0.3, 0.4) is 0 Å². The fourth-order valence-corrected chi connectivity index (χ4v) is 4.06. The molecule has 0 aliphatic carbocycles. The van der Waals surface area contributed by atoms with Crippen LogP contribution in [-0.2, 0) is 30.2 Å². The number of unbranched alkanes of at least 4 members (excludes halogenated alkanes) is 1. The van der Waals surface area contributed by atoms with E-state index >= 15 is 0 Å². The van der Waals surface area contributed by atoms with Gasteiger partial charge in [0.1, 0.15) is 12.7 Å². The third-order valence-corrected chi connectivity index (χ3v) is 6.08. The molecule has 32 heavy (non-hydrogen) atoms. The Balaban J connectivity index is 1.93. The fourth-order valence-electron chi connectivity index (χ4n) is 4.06. The summed E-state index contributed by atoms with van der Waals surface area (Å²) in [6, 6.07) is 4.21. The van der Waals surface area contributed by atoms with E-state index in [1.54, 1.807) is 6.20 Å². The standard InChI is InChI=1S/C25H32N2O5/c1-6-7-8-19-11-20(24-21(12-19)13-26-27-24)9-10-22-25(31-18(5)29)16(3)15(2)23(32-22)14-30-17(4)28/h11-13,15-16,22-23,25H,6-8,14H2,1-5H3,(H,26,27)/t15-,16-,22+,23+,25-/m0/s1. The van der Waals surface area contributed by atoms with Gasteiger partial charge in [0, 0.05) is 25.2 Å². The van der Waals surface area contributed by atoms with E-state index in [0.717, 1.165) is 35.7 Å². The molecule has 1 saturated heterocycles. The van der Waals surface area contributed by atoms with E-state index in [9.17, 15) is 9.59 Å². The van der Waals surface area contributed by atoms with Gasteiger partial charge in [0.25, 0.3) is 0 Å². The number of aromatic nitrogens is 2. The van der Waals surface area contributed by atoms with Crippen molar-refractivity contribution in [2.24, 2.45) is 11.8 Å². The van der Waals surface area contributed by atoms with Gasteiger partial charge in [-0.25, -0.2) is 0 Å². The van der Waals surface area contributed by atoms with Gasteiger partial charge in [-0.05, 0) is 36.5 Å². The lowest BCUT2D eigenvalue weighted by Gasteiger charge is -2.42. The van der Waals surface area contributed by atoms with Gasteiger partial charge in [0.15, 0.2) is 6.10 Å². The molecular weight excluding hydrogens is 408 g/mol. The Morgan fingerprint density at radius 2 is 1.97 bits per heavy atom. The van der Waals surface area contributed by atoms with Crippen LogP contribution in [0.4, 0.5) is 0 Å².